The molecule has 13 heavy (non-hydrogen) atoms. The van der Waals surface area contributed by atoms with E-state index in [2.05, 4.69) is 0 Å². The van der Waals surface area contributed by atoms with E-state index in [9.17, 15) is 9.90 Å². The van der Waals surface area contributed by atoms with Gasteiger partial charge in [0.1, 0.15) is 0 Å². The van der Waals surface area contributed by atoms with Gasteiger partial charge in [-0.2, -0.15) is 0 Å². The van der Waals surface area contributed by atoms with E-state index >= 15 is 0 Å². The molecule has 0 saturated heterocycles. The van der Waals surface area contributed by atoms with Crippen LogP contribution in [0, 0.1) is 0 Å². The molecular weight excluding hydrogens is 168 g/mol. The van der Waals surface area contributed by atoms with Crippen molar-refractivity contribution in [2.24, 2.45) is 11.5 Å². The Morgan fingerprint density at radius 2 is 1.92 bits per heavy atom. The van der Waals surface area contributed by atoms with E-state index in [0.29, 0.717) is 6.42 Å². The largest absolute Gasteiger partial charge is 0.550 e. The number of nitrogens with two attached hydrogens (primary N) is 2. The van der Waals surface area contributed by atoms with Gasteiger partial charge in [-0.25, -0.2) is 0 Å². The van der Waals surface area contributed by atoms with Crippen LogP contribution in [0.25, 0.3) is 0 Å². The Hall–Kier alpha value is -0.610. The number of hydrogen-bond acceptors (Lipinski definition) is 4. The van der Waals surface area contributed by atoms with Crippen molar-refractivity contribution in [3.05, 3.63) is 0 Å². The number of aliphatic carboxylic acids is 1. The summed E-state index contributed by atoms with van der Waals surface area (Å²) in [6.45, 7) is 1.88. The molecule has 0 bridgehead atoms. The first-order chi connectivity index (χ1) is 6.04. The lowest BCUT2D eigenvalue weighted by Gasteiger charge is -2.14. The van der Waals surface area contributed by atoms with Gasteiger partial charge in [-0.05, 0) is 26.2 Å². The molecule has 4 N–H and O–H groups in total. The lowest BCUT2D eigenvalue weighted by Crippen LogP contribution is -2.38. The first-order valence-corrected chi connectivity index (χ1v) is 4.75. The van der Waals surface area contributed by atoms with Crippen LogP contribution in [-0.2, 0) is 4.79 Å². The van der Waals surface area contributed by atoms with Crippen molar-refractivity contribution < 1.29 is 9.90 Å². The van der Waals surface area contributed by atoms with Crippen LogP contribution < -0.4 is 16.6 Å². The summed E-state index contributed by atoms with van der Waals surface area (Å²) >= 11 is 0. The number of carbonyl (C=O) groups excluding carboxylic acids is 1. The Balaban J connectivity index is 3.21. The third-order valence-electron chi connectivity index (χ3n) is 2.09. The van der Waals surface area contributed by atoms with Gasteiger partial charge in [-0.1, -0.05) is 12.8 Å². The molecule has 4 heteroatoms. The molecule has 0 aliphatic heterocycles. The lowest BCUT2D eigenvalue weighted by atomic mass is 10.0. The molecule has 78 valence electrons. The fourth-order valence-corrected chi connectivity index (χ4v) is 1.09. The predicted octanol–water partition coefficient (Wildman–Crippen LogP) is -0.639. The minimum absolute atomic E-state index is 0.0149. The average Bonchev–Trinajstić information content (AvgIpc) is 2.02. The Morgan fingerprint density at radius 1 is 1.31 bits per heavy atom. The Bertz CT molecular complexity index is 149. The summed E-state index contributed by atoms with van der Waals surface area (Å²) in [7, 11) is 0. The molecule has 0 aromatic rings. The van der Waals surface area contributed by atoms with E-state index in [1.165, 1.54) is 0 Å². The smallest absolute Gasteiger partial charge is 0.0414 e. The van der Waals surface area contributed by atoms with Crippen LogP contribution in [0.1, 0.15) is 39.0 Å². The maximum atomic E-state index is 10.0. The van der Waals surface area contributed by atoms with Crippen LogP contribution in [0.2, 0.25) is 0 Å². The number of unbranched alkanes of at least 4 members (excludes halogenated alkanes) is 2. The van der Waals surface area contributed by atoms with E-state index in [-0.39, 0.29) is 18.5 Å². The number of rotatable bonds is 7. The second-order valence-corrected chi connectivity index (χ2v) is 3.49. The summed E-state index contributed by atoms with van der Waals surface area (Å²) < 4.78 is 0. The second kappa shape index (κ2) is 6.86. The SMILES string of the molecule is C[C@@H](N)[C@@H](N)CCCCCC(=O)[O-]. The summed E-state index contributed by atoms with van der Waals surface area (Å²) in [6, 6.07) is 0.0455. The van der Waals surface area contributed by atoms with Gasteiger partial charge in [0, 0.05) is 18.1 Å². The van der Waals surface area contributed by atoms with Crippen molar-refractivity contribution in [1.29, 1.82) is 0 Å². The van der Waals surface area contributed by atoms with Gasteiger partial charge in [0.05, 0.1) is 0 Å². The van der Waals surface area contributed by atoms with E-state index in [4.69, 9.17) is 11.5 Å². The molecule has 0 rings (SSSR count). The van der Waals surface area contributed by atoms with Crippen LogP contribution in [0.4, 0.5) is 0 Å². The van der Waals surface area contributed by atoms with Crippen LogP contribution in [0.3, 0.4) is 0 Å². The summed E-state index contributed by atoms with van der Waals surface area (Å²) in [4.78, 5) is 10.0. The van der Waals surface area contributed by atoms with Crippen molar-refractivity contribution in [1.82, 2.24) is 0 Å². The van der Waals surface area contributed by atoms with E-state index in [1.807, 2.05) is 6.92 Å². The maximum Gasteiger partial charge on any atom is 0.0414 e. The van der Waals surface area contributed by atoms with Crippen LogP contribution in [0.5, 0.6) is 0 Å². The van der Waals surface area contributed by atoms with Gasteiger partial charge in [0.2, 0.25) is 0 Å². The van der Waals surface area contributed by atoms with Gasteiger partial charge >= 0.3 is 0 Å². The number of carboxylic acid groups (broad SMARTS) is 1. The average molecular weight is 187 g/mol. The van der Waals surface area contributed by atoms with E-state index < -0.39 is 5.97 Å². The summed E-state index contributed by atoms with van der Waals surface area (Å²) in [6.07, 6.45) is 3.51. The van der Waals surface area contributed by atoms with Gasteiger partial charge in [0.15, 0.2) is 0 Å². The van der Waals surface area contributed by atoms with Crippen LogP contribution in [-0.4, -0.2) is 18.1 Å². The molecule has 0 aromatic heterocycles. The third-order valence-corrected chi connectivity index (χ3v) is 2.09. The summed E-state index contributed by atoms with van der Waals surface area (Å²) in [5.74, 6) is -0.975. The molecule has 0 aliphatic carbocycles. The summed E-state index contributed by atoms with van der Waals surface area (Å²) in [5.41, 5.74) is 11.3. The molecule has 0 saturated carbocycles. The molecule has 0 unspecified atom stereocenters. The molecule has 0 aromatic carbocycles. The quantitative estimate of drug-likeness (QED) is 0.519. The van der Waals surface area contributed by atoms with Crippen molar-refractivity contribution in [2.45, 2.75) is 51.1 Å². The Labute approximate surface area is 79.3 Å². The Morgan fingerprint density at radius 3 is 2.38 bits per heavy atom. The standard InChI is InChI=1S/C9H20N2O2/c1-7(10)8(11)5-3-2-4-6-9(12)13/h7-8H,2-6,10-11H2,1H3,(H,12,13)/p-1/t7-,8+/m1/s1. The van der Waals surface area contributed by atoms with Crippen molar-refractivity contribution in [2.75, 3.05) is 0 Å². The molecule has 0 heterocycles. The highest BCUT2D eigenvalue weighted by molar-refractivity contribution is 5.63. The van der Waals surface area contributed by atoms with E-state index in [1.54, 1.807) is 0 Å². The minimum Gasteiger partial charge on any atom is -0.550 e. The van der Waals surface area contributed by atoms with Crippen molar-refractivity contribution in [3.8, 4) is 0 Å². The number of carboxylic acids is 1. The zero-order valence-electron chi connectivity index (χ0n) is 8.16. The molecule has 0 radical (unpaired) electrons. The van der Waals surface area contributed by atoms with Gasteiger partial charge in [0.25, 0.3) is 0 Å². The van der Waals surface area contributed by atoms with E-state index in [0.717, 1.165) is 19.3 Å². The molecule has 0 spiro atoms. The monoisotopic (exact) mass is 187 g/mol. The molecule has 4 nitrogen and oxygen atoms in total. The highest BCUT2D eigenvalue weighted by Gasteiger charge is 2.06. The molecule has 0 fully saturated rings. The van der Waals surface area contributed by atoms with Gasteiger partial charge in [-0.3, -0.25) is 0 Å². The zero-order chi connectivity index (χ0) is 10.3. The predicted molar refractivity (Wildman–Crippen MR) is 49.7 cm³/mol. The van der Waals surface area contributed by atoms with Gasteiger partial charge < -0.3 is 21.4 Å². The van der Waals surface area contributed by atoms with Crippen molar-refractivity contribution in [3.63, 3.8) is 0 Å². The third kappa shape index (κ3) is 7.74. The number of hydrogen-bond donors (Lipinski definition) is 2. The zero-order valence-corrected chi connectivity index (χ0v) is 8.16. The lowest BCUT2D eigenvalue weighted by molar-refractivity contribution is -0.305. The minimum atomic E-state index is -0.975. The van der Waals surface area contributed by atoms with Crippen molar-refractivity contribution >= 4 is 5.97 Å². The fraction of sp³-hybridized carbons (Fsp3) is 0.889. The highest BCUT2D eigenvalue weighted by Crippen LogP contribution is 2.05. The first-order valence-electron chi connectivity index (χ1n) is 4.75. The maximum absolute atomic E-state index is 10.0. The molecule has 0 aliphatic rings. The highest BCUT2D eigenvalue weighted by atomic mass is 16.4. The number of carbonyl (C=O) groups is 1. The molecule has 2 atom stereocenters. The van der Waals surface area contributed by atoms with Crippen LogP contribution >= 0.6 is 0 Å². The molecular formula is C9H19N2O2-. The fourth-order valence-electron chi connectivity index (χ4n) is 1.09. The van der Waals surface area contributed by atoms with Gasteiger partial charge in [-0.15, -0.1) is 0 Å². The first kappa shape index (κ1) is 12.4. The van der Waals surface area contributed by atoms with Crippen LogP contribution in [0.15, 0.2) is 0 Å². The molecule has 0 amide bonds. The second-order valence-electron chi connectivity index (χ2n) is 3.49. The normalized spacial score (nSPS) is 15.3. The Kier molecular flexibility index (Phi) is 6.54. The summed E-state index contributed by atoms with van der Waals surface area (Å²) in [5, 5.41) is 10.0. The topological polar surface area (TPSA) is 92.2 Å².